The molecule has 0 atom stereocenters. The van der Waals surface area contributed by atoms with Crippen molar-refractivity contribution in [2.45, 2.75) is 20.4 Å². The number of amides is 1. The molecule has 16 heavy (non-hydrogen) atoms. The molecule has 0 unspecified atom stereocenters. The van der Waals surface area contributed by atoms with Crippen LogP contribution in [-0.4, -0.2) is 33.7 Å². The fourth-order valence-corrected chi connectivity index (χ4v) is 1.81. The topological polar surface area (TPSA) is 64.2 Å². The number of likely N-dealkylation sites (N-methyl/N-ethyl adjacent to an activating group) is 1. The van der Waals surface area contributed by atoms with Crippen molar-refractivity contribution in [2.75, 3.05) is 13.1 Å². The molecule has 0 radical (unpaired) electrons. The number of hydrogen-bond acceptors (Lipinski definition) is 3. The number of nitrogens with zero attached hydrogens (tertiary/aromatic N) is 3. The number of nitrogens with two attached hydrogens (primary N) is 1. The van der Waals surface area contributed by atoms with Crippen LogP contribution in [0.15, 0.2) is 0 Å². The summed E-state index contributed by atoms with van der Waals surface area (Å²) in [4.78, 5) is 12.8. The van der Waals surface area contributed by atoms with E-state index in [0.717, 1.165) is 17.8 Å². The molecule has 5 nitrogen and oxygen atoms in total. The Bertz CT molecular complexity index is 388. The van der Waals surface area contributed by atoms with Gasteiger partial charge in [-0.15, -0.1) is 0 Å². The normalized spacial score (nSPS) is 11.1. The van der Waals surface area contributed by atoms with Gasteiger partial charge in [0.05, 0.1) is 12.2 Å². The summed E-state index contributed by atoms with van der Waals surface area (Å²) in [6, 6.07) is 0. The maximum Gasteiger partial charge on any atom is 0.231 e. The first kappa shape index (κ1) is 13.0. The zero-order chi connectivity index (χ0) is 12.3. The molecule has 0 spiro atoms. The Morgan fingerprint density at radius 2 is 2.25 bits per heavy atom. The second-order valence-electron chi connectivity index (χ2n) is 3.75. The van der Waals surface area contributed by atoms with Crippen LogP contribution in [0.1, 0.15) is 18.2 Å². The van der Waals surface area contributed by atoms with Crippen molar-refractivity contribution in [3.05, 3.63) is 16.4 Å². The third-order valence-corrected chi connectivity index (χ3v) is 2.95. The van der Waals surface area contributed by atoms with Crippen molar-refractivity contribution >= 4 is 17.5 Å². The Morgan fingerprint density at radius 1 is 1.62 bits per heavy atom. The Labute approximate surface area is 100 Å². The molecule has 0 aromatic carbocycles. The molecular formula is C10H17ClN4O. The fourth-order valence-electron chi connectivity index (χ4n) is 1.58. The highest BCUT2D eigenvalue weighted by atomic mass is 35.5. The Hall–Kier alpha value is -1.07. The number of carbonyl (C=O) groups excluding carboxylic acids is 1. The molecule has 0 aliphatic heterocycles. The smallest absolute Gasteiger partial charge is 0.231 e. The summed E-state index contributed by atoms with van der Waals surface area (Å²) in [6.07, 6.45) is 0. The van der Waals surface area contributed by atoms with Gasteiger partial charge in [-0.25, -0.2) is 0 Å². The predicted octanol–water partition coefficient (Wildman–Crippen LogP) is 0.689. The van der Waals surface area contributed by atoms with Crippen LogP contribution in [0.5, 0.6) is 0 Å². The summed E-state index contributed by atoms with van der Waals surface area (Å²) in [5, 5.41) is 4.83. The quantitative estimate of drug-likeness (QED) is 0.829. The number of rotatable bonds is 5. The first-order valence-electron chi connectivity index (χ1n) is 5.14. The minimum absolute atomic E-state index is 0.237. The summed E-state index contributed by atoms with van der Waals surface area (Å²) < 4.78 is 1.63. The molecule has 0 aliphatic carbocycles. The lowest BCUT2D eigenvalue weighted by atomic mass is 10.2. The number of aromatic nitrogens is 2. The van der Waals surface area contributed by atoms with Gasteiger partial charge in [0, 0.05) is 19.2 Å². The number of carbonyl (C=O) groups is 1. The summed E-state index contributed by atoms with van der Waals surface area (Å²) in [6.45, 7) is 5.45. The minimum Gasteiger partial charge on any atom is -0.369 e. The summed E-state index contributed by atoms with van der Waals surface area (Å²) in [7, 11) is 1.79. The zero-order valence-corrected chi connectivity index (χ0v) is 10.6. The molecule has 90 valence electrons. The Balaban J connectivity index is 2.81. The zero-order valence-electron chi connectivity index (χ0n) is 9.83. The van der Waals surface area contributed by atoms with Gasteiger partial charge in [-0.1, -0.05) is 18.5 Å². The highest BCUT2D eigenvalue weighted by Gasteiger charge is 2.15. The first-order valence-corrected chi connectivity index (χ1v) is 5.52. The van der Waals surface area contributed by atoms with Gasteiger partial charge in [-0.05, 0) is 13.5 Å². The van der Waals surface area contributed by atoms with Crippen LogP contribution in [-0.2, 0) is 18.4 Å². The third-order valence-electron chi connectivity index (χ3n) is 2.48. The van der Waals surface area contributed by atoms with Crippen LogP contribution in [0.2, 0.25) is 5.15 Å². The van der Waals surface area contributed by atoms with E-state index in [0.29, 0.717) is 11.7 Å². The van der Waals surface area contributed by atoms with E-state index in [1.54, 1.807) is 11.7 Å². The Morgan fingerprint density at radius 3 is 2.62 bits per heavy atom. The van der Waals surface area contributed by atoms with Gasteiger partial charge < -0.3 is 5.73 Å². The van der Waals surface area contributed by atoms with Crippen molar-refractivity contribution in [3.63, 3.8) is 0 Å². The number of hydrogen-bond donors (Lipinski definition) is 1. The third kappa shape index (κ3) is 2.96. The van der Waals surface area contributed by atoms with E-state index >= 15 is 0 Å². The van der Waals surface area contributed by atoms with Gasteiger partial charge >= 0.3 is 0 Å². The summed E-state index contributed by atoms with van der Waals surface area (Å²) in [5.41, 5.74) is 7.01. The van der Waals surface area contributed by atoms with Gasteiger partial charge in [0.2, 0.25) is 5.91 Å². The molecule has 6 heteroatoms. The van der Waals surface area contributed by atoms with Crippen LogP contribution >= 0.6 is 11.6 Å². The molecule has 0 saturated heterocycles. The van der Waals surface area contributed by atoms with E-state index in [2.05, 4.69) is 5.10 Å². The number of halogens is 1. The van der Waals surface area contributed by atoms with Crippen molar-refractivity contribution in [3.8, 4) is 0 Å². The summed E-state index contributed by atoms with van der Waals surface area (Å²) in [5.74, 6) is -0.334. The molecule has 1 amide bonds. The molecule has 0 fully saturated rings. The molecule has 1 aromatic rings. The van der Waals surface area contributed by atoms with Crippen LogP contribution < -0.4 is 5.73 Å². The van der Waals surface area contributed by atoms with E-state index in [9.17, 15) is 4.79 Å². The van der Waals surface area contributed by atoms with Gasteiger partial charge in [0.15, 0.2) is 0 Å². The van der Waals surface area contributed by atoms with Crippen LogP contribution in [0.4, 0.5) is 0 Å². The van der Waals surface area contributed by atoms with Crippen molar-refractivity contribution in [1.29, 1.82) is 0 Å². The van der Waals surface area contributed by atoms with Crippen LogP contribution in [0.3, 0.4) is 0 Å². The fraction of sp³-hybridized carbons (Fsp3) is 0.600. The SMILES string of the molecule is CCN(CC(N)=O)Cc1c(C)nn(C)c1Cl. The van der Waals surface area contributed by atoms with E-state index in [4.69, 9.17) is 17.3 Å². The standard InChI is InChI=1S/C10H17ClN4O/c1-4-15(6-9(12)16)5-8-7(2)13-14(3)10(8)11/h4-6H2,1-3H3,(H2,12,16). The van der Waals surface area contributed by atoms with Crippen LogP contribution in [0, 0.1) is 6.92 Å². The molecule has 0 saturated carbocycles. The molecule has 1 aromatic heterocycles. The van der Waals surface area contributed by atoms with Gasteiger partial charge in [0.1, 0.15) is 5.15 Å². The lowest BCUT2D eigenvalue weighted by molar-refractivity contribution is -0.119. The number of aryl methyl sites for hydroxylation is 2. The highest BCUT2D eigenvalue weighted by molar-refractivity contribution is 6.30. The first-order chi connectivity index (χ1) is 7.45. The maximum atomic E-state index is 10.9. The van der Waals surface area contributed by atoms with Crippen molar-refractivity contribution < 1.29 is 4.79 Å². The molecule has 1 rings (SSSR count). The minimum atomic E-state index is -0.334. The predicted molar refractivity (Wildman–Crippen MR) is 63.1 cm³/mol. The summed E-state index contributed by atoms with van der Waals surface area (Å²) >= 11 is 6.11. The highest BCUT2D eigenvalue weighted by Crippen LogP contribution is 2.20. The van der Waals surface area contributed by atoms with Gasteiger partial charge in [-0.3, -0.25) is 14.4 Å². The molecule has 1 heterocycles. The monoisotopic (exact) mass is 244 g/mol. The largest absolute Gasteiger partial charge is 0.369 e. The molecule has 0 bridgehead atoms. The Kier molecular flexibility index (Phi) is 4.32. The van der Waals surface area contributed by atoms with E-state index in [1.807, 2.05) is 18.7 Å². The lowest BCUT2D eigenvalue weighted by Crippen LogP contribution is -2.33. The second kappa shape index (κ2) is 5.32. The van der Waals surface area contributed by atoms with Crippen molar-refractivity contribution in [1.82, 2.24) is 14.7 Å². The van der Waals surface area contributed by atoms with Crippen LogP contribution in [0.25, 0.3) is 0 Å². The van der Waals surface area contributed by atoms with Gasteiger partial charge in [-0.2, -0.15) is 5.10 Å². The van der Waals surface area contributed by atoms with E-state index in [-0.39, 0.29) is 12.5 Å². The maximum absolute atomic E-state index is 10.9. The lowest BCUT2D eigenvalue weighted by Gasteiger charge is -2.18. The second-order valence-corrected chi connectivity index (χ2v) is 4.11. The molecule has 2 N–H and O–H groups in total. The van der Waals surface area contributed by atoms with E-state index in [1.165, 1.54) is 0 Å². The van der Waals surface area contributed by atoms with E-state index < -0.39 is 0 Å². The molecule has 0 aliphatic rings. The average molecular weight is 245 g/mol. The van der Waals surface area contributed by atoms with Crippen molar-refractivity contribution in [2.24, 2.45) is 12.8 Å². The average Bonchev–Trinajstić information content (AvgIpc) is 2.43. The van der Waals surface area contributed by atoms with Gasteiger partial charge in [0.25, 0.3) is 0 Å². The number of primary amides is 1. The molecular weight excluding hydrogens is 228 g/mol.